The Morgan fingerprint density at radius 3 is 2.62 bits per heavy atom. The summed E-state index contributed by atoms with van der Waals surface area (Å²) in [6.07, 6.45) is 4.80. The molecule has 3 heteroatoms. The third-order valence-electron chi connectivity index (χ3n) is 1.35. The SMILES string of the molecule is C#CC(F)SC(=O)c1ccccc1. The Hall–Kier alpha value is -1.27. The van der Waals surface area contributed by atoms with Gasteiger partial charge in [0.1, 0.15) is 0 Å². The molecule has 1 aromatic carbocycles. The second kappa shape index (κ2) is 4.68. The molecule has 1 nitrogen and oxygen atoms in total. The van der Waals surface area contributed by atoms with Gasteiger partial charge in [-0.15, -0.1) is 6.42 Å². The molecule has 0 radical (unpaired) electrons. The van der Waals surface area contributed by atoms with Gasteiger partial charge in [-0.2, -0.15) is 0 Å². The average Bonchev–Trinajstić information content (AvgIpc) is 2.19. The van der Waals surface area contributed by atoms with Crippen LogP contribution < -0.4 is 0 Å². The highest BCUT2D eigenvalue weighted by Crippen LogP contribution is 2.17. The van der Waals surface area contributed by atoms with E-state index in [1.165, 1.54) is 0 Å². The Morgan fingerprint density at radius 1 is 1.46 bits per heavy atom. The molecule has 0 aromatic heterocycles. The predicted molar refractivity (Wildman–Crippen MR) is 52.1 cm³/mol. The molecule has 66 valence electrons. The van der Waals surface area contributed by atoms with Crippen molar-refractivity contribution in [2.75, 3.05) is 0 Å². The highest BCUT2D eigenvalue weighted by molar-refractivity contribution is 8.14. The summed E-state index contributed by atoms with van der Waals surface area (Å²) in [4.78, 5) is 11.2. The summed E-state index contributed by atoms with van der Waals surface area (Å²) < 4.78 is 12.6. The normalized spacial score (nSPS) is 11.7. The Kier molecular flexibility index (Phi) is 3.53. The molecule has 0 aliphatic carbocycles. The van der Waals surface area contributed by atoms with E-state index in [2.05, 4.69) is 0 Å². The molecule has 0 aliphatic heterocycles. The van der Waals surface area contributed by atoms with Crippen molar-refractivity contribution in [3.63, 3.8) is 0 Å². The van der Waals surface area contributed by atoms with Crippen LogP contribution in [0.4, 0.5) is 4.39 Å². The monoisotopic (exact) mass is 194 g/mol. The van der Waals surface area contributed by atoms with Gasteiger partial charge in [0.05, 0.1) is 0 Å². The molecule has 0 fully saturated rings. The number of halogens is 1. The van der Waals surface area contributed by atoms with Crippen molar-refractivity contribution < 1.29 is 9.18 Å². The number of terminal acetylenes is 1. The minimum Gasteiger partial charge on any atom is -0.281 e. The van der Waals surface area contributed by atoms with Crippen LogP contribution >= 0.6 is 11.8 Å². The zero-order valence-electron chi connectivity index (χ0n) is 6.74. The number of hydrogen-bond acceptors (Lipinski definition) is 2. The Morgan fingerprint density at radius 2 is 2.08 bits per heavy atom. The van der Waals surface area contributed by atoms with Gasteiger partial charge >= 0.3 is 0 Å². The molecule has 0 spiro atoms. The lowest BCUT2D eigenvalue weighted by Gasteiger charge is -1.99. The molecule has 1 aromatic rings. The molecule has 13 heavy (non-hydrogen) atoms. The van der Waals surface area contributed by atoms with Crippen LogP contribution in [0, 0.1) is 12.3 Å². The Bertz CT molecular complexity index is 329. The number of carbonyl (C=O) groups is 1. The fourth-order valence-electron chi connectivity index (χ4n) is 0.770. The molecule has 0 amide bonds. The third kappa shape index (κ3) is 2.92. The standard InChI is InChI=1S/C10H7FOS/c1-2-9(11)13-10(12)8-6-4-3-5-7-8/h1,3-7,9H. The van der Waals surface area contributed by atoms with Crippen molar-refractivity contribution in [1.29, 1.82) is 0 Å². The summed E-state index contributed by atoms with van der Waals surface area (Å²) in [5, 5.41) is -0.342. The summed E-state index contributed by atoms with van der Waals surface area (Å²) in [5.41, 5.74) is -1.10. The third-order valence-corrected chi connectivity index (χ3v) is 2.14. The van der Waals surface area contributed by atoms with Gasteiger partial charge in [0.2, 0.25) is 10.6 Å². The fourth-order valence-corrected chi connectivity index (χ4v) is 1.30. The number of alkyl halides is 1. The number of benzene rings is 1. The lowest BCUT2D eigenvalue weighted by molar-refractivity contribution is 0.108. The first-order valence-corrected chi connectivity index (χ1v) is 4.48. The highest BCUT2D eigenvalue weighted by Gasteiger charge is 2.11. The van der Waals surface area contributed by atoms with Crippen LogP contribution in [0.2, 0.25) is 0 Å². The van der Waals surface area contributed by atoms with E-state index < -0.39 is 5.50 Å². The number of thioether (sulfide) groups is 1. The van der Waals surface area contributed by atoms with Gasteiger partial charge < -0.3 is 0 Å². The van der Waals surface area contributed by atoms with Crippen LogP contribution in [0.1, 0.15) is 10.4 Å². The molecule has 0 saturated carbocycles. The first-order chi connectivity index (χ1) is 6.24. The summed E-state index contributed by atoms with van der Waals surface area (Å²) in [6.45, 7) is 0. The van der Waals surface area contributed by atoms with Gasteiger partial charge in [-0.25, -0.2) is 4.39 Å². The largest absolute Gasteiger partial charge is 0.281 e. The molecular formula is C10H7FOS. The zero-order valence-corrected chi connectivity index (χ0v) is 7.55. The highest BCUT2D eigenvalue weighted by atomic mass is 32.2. The van der Waals surface area contributed by atoms with Crippen molar-refractivity contribution >= 4 is 16.9 Å². The van der Waals surface area contributed by atoms with E-state index in [4.69, 9.17) is 6.42 Å². The van der Waals surface area contributed by atoms with Crippen molar-refractivity contribution in [3.05, 3.63) is 35.9 Å². The van der Waals surface area contributed by atoms with Crippen LogP contribution in [0.3, 0.4) is 0 Å². The quantitative estimate of drug-likeness (QED) is 0.673. The molecule has 0 N–H and O–H groups in total. The van der Waals surface area contributed by atoms with E-state index >= 15 is 0 Å². The fraction of sp³-hybridized carbons (Fsp3) is 0.100. The van der Waals surface area contributed by atoms with Gasteiger partial charge in [0.25, 0.3) is 0 Å². The molecule has 1 rings (SSSR count). The minimum atomic E-state index is -1.56. The van der Waals surface area contributed by atoms with Crippen LogP contribution in [0.25, 0.3) is 0 Å². The maximum atomic E-state index is 12.6. The smallest absolute Gasteiger partial charge is 0.223 e. The lowest BCUT2D eigenvalue weighted by atomic mass is 10.2. The van der Waals surface area contributed by atoms with Gasteiger partial charge in [-0.3, -0.25) is 4.79 Å². The summed E-state index contributed by atoms with van der Waals surface area (Å²) in [5.74, 6) is 1.84. The summed E-state index contributed by atoms with van der Waals surface area (Å²) >= 11 is 0.511. The average molecular weight is 194 g/mol. The molecule has 0 aliphatic rings. The van der Waals surface area contributed by atoms with Gasteiger partial charge in [0, 0.05) is 5.56 Å². The van der Waals surface area contributed by atoms with E-state index in [1.807, 2.05) is 5.92 Å². The number of hydrogen-bond donors (Lipinski definition) is 0. The Balaban J connectivity index is 2.66. The first-order valence-electron chi connectivity index (χ1n) is 3.60. The summed E-state index contributed by atoms with van der Waals surface area (Å²) in [7, 11) is 0. The van der Waals surface area contributed by atoms with Gasteiger partial charge in [-0.1, -0.05) is 36.3 Å². The van der Waals surface area contributed by atoms with Crippen LogP contribution in [-0.2, 0) is 0 Å². The van der Waals surface area contributed by atoms with Crippen molar-refractivity contribution in [3.8, 4) is 12.3 Å². The minimum absolute atomic E-state index is 0.342. The van der Waals surface area contributed by atoms with E-state index in [9.17, 15) is 9.18 Å². The molecule has 0 heterocycles. The first kappa shape index (κ1) is 9.82. The maximum Gasteiger partial charge on any atom is 0.223 e. The topological polar surface area (TPSA) is 17.1 Å². The van der Waals surface area contributed by atoms with E-state index in [0.29, 0.717) is 17.3 Å². The van der Waals surface area contributed by atoms with E-state index in [-0.39, 0.29) is 5.12 Å². The van der Waals surface area contributed by atoms with Crippen LogP contribution in [0.15, 0.2) is 30.3 Å². The van der Waals surface area contributed by atoms with Crippen molar-refractivity contribution in [2.24, 2.45) is 0 Å². The molecule has 0 bridgehead atoms. The number of carbonyl (C=O) groups excluding carboxylic acids is 1. The predicted octanol–water partition coefficient (Wildman–Crippen LogP) is 2.49. The number of rotatable bonds is 2. The van der Waals surface area contributed by atoms with E-state index in [1.54, 1.807) is 30.3 Å². The second-order valence-corrected chi connectivity index (χ2v) is 3.27. The van der Waals surface area contributed by atoms with Crippen LogP contribution in [-0.4, -0.2) is 10.6 Å². The van der Waals surface area contributed by atoms with Crippen molar-refractivity contribution in [2.45, 2.75) is 5.50 Å². The lowest BCUT2D eigenvalue weighted by Crippen LogP contribution is -1.98. The Labute approximate surface area is 80.3 Å². The van der Waals surface area contributed by atoms with Crippen LogP contribution in [0.5, 0.6) is 0 Å². The molecular weight excluding hydrogens is 187 g/mol. The summed E-state index contributed by atoms with van der Waals surface area (Å²) in [6, 6.07) is 8.47. The molecule has 1 atom stereocenters. The molecule has 1 unspecified atom stereocenters. The zero-order chi connectivity index (χ0) is 9.68. The second-order valence-electron chi connectivity index (χ2n) is 2.25. The molecule has 0 saturated heterocycles. The van der Waals surface area contributed by atoms with Crippen molar-refractivity contribution in [1.82, 2.24) is 0 Å². The van der Waals surface area contributed by atoms with Gasteiger partial charge in [0.15, 0.2) is 0 Å². The van der Waals surface area contributed by atoms with Gasteiger partial charge in [-0.05, 0) is 11.8 Å². The van der Waals surface area contributed by atoms with E-state index in [0.717, 1.165) is 0 Å². The maximum absolute atomic E-state index is 12.6.